The standard InChI is InChI=1S/C17H17Cl2N3OS/c1-2-22-6-5-11-13(8-22)24-17-14(11)16(23)20-15(21-17)10-4-3-9(18)7-12(10)19/h3-4,7,15,21H,2,5-6,8H2,1H3,(H,20,23)/t15-/m1/s1. The van der Waals surface area contributed by atoms with Crippen LogP contribution in [0.2, 0.25) is 10.0 Å². The number of halogens is 2. The highest BCUT2D eigenvalue weighted by Crippen LogP contribution is 2.41. The molecule has 3 heterocycles. The summed E-state index contributed by atoms with van der Waals surface area (Å²) in [4.78, 5) is 16.4. The maximum atomic E-state index is 12.7. The molecule has 1 aromatic carbocycles. The second-order valence-corrected chi connectivity index (χ2v) is 7.99. The van der Waals surface area contributed by atoms with Gasteiger partial charge in [-0.05, 0) is 30.7 Å². The topological polar surface area (TPSA) is 44.4 Å². The smallest absolute Gasteiger partial charge is 0.256 e. The van der Waals surface area contributed by atoms with Crippen LogP contribution in [0.5, 0.6) is 0 Å². The molecule has 1 atom stereocenters. The first kappa shape index (κ1) is 16.2. The van der Waals surface area contributed by atoms with Crippen molar-refractivity contribution in [2.45, 2.75) is 26.1 Å². The highest BCUT2D eigenvalue weighted by Gasteiger charge is 2.33. The van der Waals surface area contributed by atoms with E-state index in [1.165, 1.54) is 10.4 Å². The Bertz CT molecular complexity index is 820. The van der Waals surface area contributed by atoms with Crippen LogP contribution in [0.25, 0.3) is 0 Å². The Kier molecular flexibility index (Phi) is 4.21. The maximum Gasteiger partial charge on any atom is 0.256 e. The van der Waals surface area contributed by atoms with Gasteiger partial charge in [0.1, 0.15) is 11.2 Å². The van der Waals surface area contributed by atoms with Gasteiger partial charge < -0.3 is 10.6 Å². The van der Waals surface area contributed by atoms with Crippen LogP contribution in [-0.4, -0.2) is 23.9 Å². The van der Waals surface area contributed by atoms with E-state index >= 15 is 0 Å². The molecule has 0 unspecified atom stereocenters. The molecule has 0 saturated heterocycles. The van der Waals surface area contributed by atoms with E-state index in [0.29, 0.717) is 10.0 Å². The number of benzene rings is 1. The summed E-state index contributed by atoms with van der Waals surface area (Å²) in [5.74, 6) is -0.0257. The van der Waals surface area contributed by atoms with Crippen molar-refractivity contribution in [1.29, 1.82) is 0 Å². The van der Waals surface area contributed by atoms with Gasteiger partial charge in [0, 0.05) is 33.6 Å². The monoisotopic (exact) mass is 381 g/mol. The third-order valence-electron chi connectivity index (χ3n) is 4.63. The van der Waals surface area contributed by atoms with Crippen LogP contribution >= 0.6 is 34.5 Å². The molecule has 0 aliphatic carbocycles. The number of carbonyl (C=O) groups is 1. The van der Waals surface area contributed by atoms with Crippen molar-refractivity contribution in [3.8, 4) is 0 Å². The average Bonchev–Trinajstić information content (AvgIpc) is 2.92. The van der Waals surface area contributed by atoms with Crippen LogP contribution in [-0.2, 0) is 13.0 Å². The molecule has 0 bridgehead atoms. The number of hydrogen-bond acceptors (Lipinski definition) is 4. The van der Waals surface area contributed by atoms with E-state index in [1.807, 2.05) is 6.07 Å². The molecule has 1 amide bonds. The van der Waals surface area contributed by atoms with Gasteiger partial charge >= 0.3 is 0 Å². The Balaban J connectivity index is 1.68. The lowest BCUT2D eigenvalue weighted by Gasteiger charge is -2.28. The number of rotatable bonds is 2. The zero-order chi connectivity index (χ0) is 16.8. The van der Waals surface area contributed by atoms with Crippen molar-refractivity contribution >= 4 is 45.4 Å². The molecule has 2 N–H and O–H groups in total. The van der Waals surface area contributed by atoms with E-state index in [9.17, 15) is 4.79 Å². The van der Waals surface area contributed by atoms with Crippen molar-refractivity contribution < 1.29 is 4.79 Å². The van der Waals surface area contributed by atoms with Gasteiger partial charge in [-0.1, -0.05) is 36.2 Å². The highest BCUT2D eigenvalue weighted by atomic mass is 35.5. The summed E-state index contributed by atoms with van der Waals surface area (Å²) in [6.45, 7) is 5.13. The first-order valence-corrected chi connectivity index (χ1v) is 9.53. The van der Waals surface area contributed by atoms with Crippen LogP contribution in [0.1, 0.15) is 39.5 Å². The van der Waals surface area contributed by atoms with E-state index in [2.05, 4.69) is 22.5 Å². The van der Waals surface area contributed by atoms with Gasteiger partial charge in [-0.25, -0.2) is 0 Å². The van der Waals surface area contributed by atoms with Crippen molar-refractivity contribution in [3.05, 3.63) is 49.8 Å². The molecule has 0 spiro atoms. The molecule has 0 fully saturated rings. The zero-order valence-electron chi connectivity index (χ0n) is 13.2. The summed E-state index contributed by atoms with van der Waals surface area (Å²) in [5.41, 5.74) is 2.83. The summed E-state index contributed by atoms with van der Waals surface area (Å²) < 4.78 is 0. The second kappa shape index (κ2) is 6.23. The van der Waals surface area contributed by atoms with Gasteiger partial charge in [0.25, 0.3) is 5.91 Å². The Morgan fingerprint density at radius 1 is 1.33 bits per heavy atom. The molecule has 0 saturated carbocycles. The van der Waals surface area contributed by atoms with Crippen LogP contribution in [0.4, 0.5) is 5.00 Å². The molecule has 1 aromatic heterocycles. The molecular weight excluding hydrogens is 365 g/mol. The van der Waals surface area contributed by atoms with E-state index in [-0.39, 0.29) is 12.1 Å². The molecule has 7 heteroatoms. The van der Waals surface area contributed by atoms with Crippen molar-refractivity contribution in [2.24, 2.45) is 0 Å². The summed E-state index contributed by atoms with van der Waals surface area (Å²) >= 11 is 13.9. The van der Waals surface area contributed by atoms with Crippen LogP contribution in [0.15, 0.2) is 18.2 Å². The van der Waals surface area contributed by atoms with Gasteiger partial charge in [0.15, 0.2) is 0 Å². The quantitative estimate of drug-likeness (QED) is 0.815. The summed E-state index contributed by atoms with van der Waals surface area (Å²) in [6, 6.07) is 5.32. The minimum absolute atomic E-state index is 0.0257. The molecule has 0 radical (unpaired) electrons. The first-order chi connectivity index (χ1) is 11.6. The van der Waals surface area contributed by atoms with Gasteiger partial charge in [0.05, 0.1) is 5.56 Å². The Hall–Kier alpha value is -1.27. The number of anilines is 1. The van der Waals surface area contributed by atoms with Crippen LogP contribution in [0, 0.1) is 0 Å². The minimum atomic E-state index is -0.336. The summed E-state index contributed by atoms with van der Waals surface area (Å²) in [6.07, 6.45) is 0.591. The Labute approximate surface area is 154 Å². The number of thiophene rings is 1. The fourth-order valence-corrected chi connectivity index (χ4v) is 5.16. The third kappa shape index (κ3) is 2.69. The molecule has 2 aliphatic rings. The Morgan fingerprint density at radius 3 is 2.92 bits per heavy atom. The van der Waals surface area contributed by atoms with Gasteiger partial charge in [-0.3, -0.25) is 9.69 Å². The van der Waals surface area contributed by atoms with Crippen molar-refractivity contribution in [3.63, 3.8) is 0 Å². The molecule has 2 aliphatic heterocycles. The third-order valence-corrected chi connectivity index (χ3v) is 6.34. The Morgan fingerprint density at radius 2 is 2.17 bits per heavy atom. The normalized spacial score (nSPS) is 20.1. The fourth-order valence-electron chi connectivity index (χ4n) is 3.33. The average molecular weight is 382 g/mol. The molecule has 126 valence electrons. The summed E-state index contributed by atoms with van der Waals surface area (Å²) in [5, 5.41) is 8.53. The lowest BCUT2D eigenvalue weighted by molar-refractivity contribution is 0.0935. The van der Waals surface area contributed by atoms with E-state index in [0.717, 1.165) is 42.2 Å². The molecule has 4 nitrogen and oxygen atoms in total. The number of nitrogens with zero attached hydrogens (tertiary/aromatic N) is 1. The lowest BCUT2D eigenvalue weighted by atomic mass is 10.0. The fraction of sp³-hybridized carbons (Fsp3) is 0.353. The van der Waals surface area contributed by atoms with E-state index in [4.69, 9.17) is 23.2 Å². The zero-order valence-corrected chi connectivity index (χ0v) is 15.5. The SMILES string of the molecule is CCN1CCc2c(sc3c2C(=O)N[C@@H](c2ccc(Cl)cc2Cl)N3)C1. The largest absolute Gasteiger partial charge is 0.353 e. The van der Waals surface area contributed by atoms with Crippen LogP contribution in [0.3, 0.4) is 0 Å². The van der Waals surface area contributed by atoms with Gasteiger partial charge in [-0.15, -0.1) is 11.3 Å². The van der Waals surface area contributed by atoms with E-state index < -0.39 is 0 Å². The summed E-state index contributed by atoms with van der Waals surface area (Å²) in [7, 11) is 0. The number of likely N-dealkylation sites (N-methyl/N-ethyl adjacent to an activating group) is 1. The number of nitrogens with one attached hydrogen (secondary N) is 2. The first-order valence-electron chi connectivity index (χ1n) is 7.96. The van der Waals surface area contributed by atoms with Crippen LogP contribution < -0.4 is 10.6 Å². The lowest BCUT2D eigenvalue weighted by Crippen LogP contribution is -2.39. The van der Waals surface area contributed by atoms with Gasteiger partial charge in [-0.2, -0.15) is 0 Å². The molecular formula is C17H17Cl2N3OS. The maximum absolute atomic E-state index is 12.7. The number of fused-ring (bicyclic) bond motifs is 3. The highest BCUT2D eigenvalue weighted by molar-refractivity contribution is 7.16. The van der Waals surface area contributed by atoms with E-state index in [1.54, 1.807) is 23.5 Å². The predicted octanol–water partition coefficient (Wildman–Crippen LogP) is 4.29. The second-order valence-electron chi connectivity index (χ2n) is 6.04. The number of amides is 1. The van der Waals surface area contributed by atoms with Gasteiger partial charge in [0.2, 0.25) is 0 Å². The van der Waals surface area contributed by atoms with Crippen molar-refractivity contribution in [2.75, 3.05) is 18.4 Å². The molecule has 2 aromatic rings. The number of hydrogen-bond donors (Lipinski definition) is 2. The molecule has 24 heavy (non-hydrogen) atoms. The van der Waals surface area contributed by atoms with Crippen molar-refractivity contribution in [1.82, 2.24) is 10.2 Å². The predicted molar refractivity (Wildman–Crippen MR) is 99.3 cm³/mol. The molecule has 4 rings (SSSR count). The number of carbonyl (C=O) groups excluding carboxylic acids is 1. The minimum Gasteiger partial charge on any atom is -0.353 e.